The highest BCUT2D eigenvalue weighted by atomic mass is 16.5. The van der Waals surface area contributed by atoms with Gasteiger partial charge in [0.05, 0.1) is 0 Å². The third kappa shape index (κ3) is 3.82. The van der Waals surface area contributed by atoms with Crippen LogP contribution in [-0.2, 0) is 13.2 Å². The van der Waals surface area contributed by atoms with Crippen molar-refractivity contribution in [3.63, 3.8) is 0 Å². The van der Waals surface area contributed by atoms with Crippen LogP contribution in [0.3, 0.4) is 0 Å². The van der Waals surface area contributed by atoms with Crippen LogP contribution >= 0.6 is 0 Å². The highest BCUT2D eigenvalue weighted by molar-refractivity contribution is 5.37. The predicted octanol–water partition coefficient (Wildman–Crippen LogP) is 2.86. The summed E-state index contributed by atoms with van der Waals surface area (Å²) in [6.45, 7) is 10.6. The first-order valence-corrected chi connectivity index (χ1v) is 7.49. The number of ether oxygens (including phenoxy) is 1. The van der Waals surface area contributed by atoms with Gasteiger partial charge in [0, 0.05) is 12.6 Å². The maximum atomic E-state index is 5.87. The lowest BCUT2D eigenvalue weighted by atomic mass is 10.1. The van der Waals surface area contributed by atoms with Crippen molar-refractivity contribution in [1.29, 1.82) is 0 Å². The fourth-order valence-electron chi connectivity index (χ4n) is 2.33. The number of hydrogen-bond donors (Lipinski definition) is 1. The highest BCUT2D eigenvalue weighted by Crippen LogP contribution is 2.23. The first kappa shape index (κ1) is 15.5. The van der Waals surface area contributed by atoms with Crippen LogP contribution in [0.5, 0.6) is 5.75 Å². The molecule has 5 nitrogen and oxygen atoms in total. The van der Waals surface area contributed by atoms with E-state index in [1.807, 2.05) is 17.7 Å². The summed E-state index contributed by atoms with van der Waals surface area (Å²) in [7, 11) is 0. The molecule has 0 aliphatic carbocycles. The molecule has 1 aromatic heterocycles. The molecule has 0 bridgehead atoms. The van der Waals surface area contributed by atoms with Gasteiger partial charge in [-0.05, 0) is 44.5 Å². The Hall–Kier alpha value is -1.88. The van der Waals surface area contributed by atoms with Crippen molar-refractivity contribution >= 4 is 0 Å². The van der Waals surface area contributed by atoms with Crippen LogP contribution < -0.4 is 10.1 Å². The summed E-state index contributed by atoms with van der Waals surface area (Å²) in [4.78, 5) is 4.22. The molecule has 0 fully saturated rings. The second kappa shape index (κ2) is 7.22. The molecule has 1 atom stereocenters. The van der Waals surface area contributed by atoms with Gasteiger partial charge in [-0.15, -0.1) is 0 Å². The normalized spacial score (nSPS) is 12.4. The minimum Gasteiger partial charge on any atom is -0.485 e. The average Bonchev–Trinajstić information content (AvgIpc) is 2.93. The summed E-state index contributed by atoms with van der Waals surface area (Å²) in [6, 6.07) is 6.67. The monoisotopic (exact) mass is 288 g/mol. The molecule has 0 aliphatic heterocycles. The fourth-order valence-corrected chi connectivity index (χ4v) is 2.33. The zero-order valence-electron chi connectivity index (χ0n) is 13.3. The zero-order chi connectivity index (χ0) is 15.2. The first-order chi connectivity index (χ1) is 10.2. The molecular weight excluding hydrogens is 264 g/mol. The number of aromatic nitrogens is 3. The van der Waals surface area contributed by atoms with Crippen LogP contribution in [-0.4, -0.2) is 21.3 Å². The lowest BCUT2D eigenvalue weighted by Crippen LogP contribution is -2.17. The standard InChI is InChI=1S/C16H24N4O/c1-5-17-13(4)14-7-8-15(12(3)9-14)21-10-16-18-11-19-20(16)6-2/h7-9,11,13,17H,5-6,10H2,1-4H3. The van der Waals surface area contributed by atoms with Crippen LogP contribution in [0.25, 0.3) is 0 Å². The van der Waals surface area contributed by atoms with Gasteiger partial charge in [0.15, 0.2) is 5.82 Å². The van der Waals surface area contributed by atoms with E-state index in [1.54, 1.807) is 6.33 Å². The largest absolute Gasteiger partial charge is 0.485 e. The van der Waals surface area contributed by atoms with Crippen molar-refractivity contribution in [2.45, 2.75) is 46.9 Å². The van der Waals surface area contributed by atoms with E-state index >= 15 is 0 Å². The maximum absolute atomic E-state index is 5.87. The Labute approximate surface area is 126 Å². The van der Waals surface area contributed by atoms with Crippen molar-refractivity contribution in [1.82, 2.24) is 20.1 Å². The first-order valence-electron chi connectivity index (χ1n) is 7.49. The Morgan fingerprint density at radius 2 is 2.14 bits per heavy atom. The van der Waals surface area contributed by atoms with Gasteiger partial charge in [-0.2, -0.15) is 5.10 Å². The Balaban J connectivity index is 2.04. The Morgan fingerprint density at radius 3 is 2.81 bits per heavy atom. The molecule has 2 rings (SSSR count). The van der Waals surface area contributed by atoms with Crippen LogP contribution in [0.1, 0.15) is 43.8 Å². The Kier molecular flexibility index (Phi) is 5.33. The SMILES string of the molecule is CCNC(C)c1ccc(OCc2ncnn2CC)c(C)c1. The molecule has 1 heterocycles. The van der Waals surface area contributed by atoms with Crippen molar-refractivity contribution in [2.75, 3.05) is 6.54 Å². The molecule has 2 aromatic rings. The molecule has 5 heteroatoms. The van der Waals surface area contributed by atoms with Crippen molar-refractivity contribution in [3.05, 3.63) is 41.5 Å². The van der Waals surface area contributed by atoms with Crippen LogP contribution in [0.4, 0.5) is 0 Å². The lowest BCUT2D eigenvalue weighted by Gasteiger charge is -2.15. The number of benzene rings is 1. The summed E-state index contributed by atoms with van der Waals surface area (Å²) in [5.74, 6) is 1.75. The maximum Gasteiger partial charge on any atom is 0.164 e. The van der Waals surface area contributed by atoms with Gasteiger partial charge in [0.1, 0.15) is 18.7 Å². The van der Waals surface area contributed by atoms with E-state index in [4.69, 9.17) is 4.74 Å². The quantitative estimate of drug-likeness (QED) is 0.851. The van der Waals surface area contributed by atoms with Crippen molar-refractivity contribution in [3.8, 4) is 5.75 Å². The van der Waals surface area contributed by atoms with Crippen LogP contribution in [0, 0.1) is 6.92 Å². The number of hydrogen-bond acceptors (Lipinski definition) is 4. The molecule has 0 radical (unpaired) electrons. The lowest BCUT2D eigenvalue weighted by molar-refractivity contribution is 0.285. The van der Waals surface area contributed by atoms with E-state index in [0.29, 0.717) is 12.6 Å². The molecular formula is C16H24N4O. The molecule has 0 saturated carbocycles. The number of aryl methyl sites for hydroxylation is 2. The topological polar surface area (TPSA) is 52.0 Å². The van der Waals surface area contributed by atoms with Gasteiger partial charge >= 0.3 is 0 Å². The van der Waals surface area contributed by atoms with Crippen molar-refractivity contribution in [2.24, 2.45) is 0 Å². The Bertz CT molecular complexity index is 579. The van der Waals surface area contributed by atoms with Gasteiger partial charge in [-0.3, -0.25) is 0 Å². The summed E-state index contributed by atoms with van der Waals surface area (Å²) in [5.41, 5.74) is 2.42. The molecule has 21 heavy (non-hydrogen) atoms. The molecule has 0 amide bonds. The van der Waals surface area contributed by atoms with E-state index in [-0.39, 0.29) is 0 Å². The van der Waals surface area contributed by atoms with E-state index in [0.717, 1.165) is 30.2 Å². The minimum absolute atomic E-state index is 0.353. The van der Waals surface area contributed by atoms with Gasteiger partial charge in [0.25, 0.3) is 0 Å². The van der Waals surface area contributed by atoms with Crippen molar-refractivity contribution < 1.29 is 4.74 Å². The van der Waals surface area contributed by atoms with Gasteiger partial charge in [-0.25, -0.2) is 9.67 Å². The predicted molar refractivity (Wildman–Crippen MR) is 83.3 cm³/mol. The molecule has 1 N–H and O–H groups in total. The number of nitrogens with one attached hydrogen (secondary N) is 1. The van der Waals surface area contributed by atoms with E-state index < -0.39 is 0 Å². The second-order valence-corrected chi connectivity index (χ2v) is 5.09. The van der Waals surface area contributed by atoms with Crippen LogP contribution in [0.2, 0.25) is 0 Å². The smallest absolute Gasteiger partial charge is 0.164 e. The summed E-state index contributed by atoms with van der Waals surface area (Å²) >= 11 is 0. The Morgan fingerprint density at radius 1 is 1.33 bits per heavy atom. The minimum atomic E-state index is 0.353. The molecule has 0 aliphatic rings. The highest BCUT2D eigenvalue weighted by Gasteiger charge is 2.08. The molecule has 0 saturated heterocycles. The molecule has 1 aromatic carbocycles. The van der Waals surface area contributed by atoms with Gasteiger partial charge in [0.2, 0.25) is 0 Å². The van der Waals surface area contributed by atoms with E-state index in [9.17, 15) is 0 Å². The fraction of sp³-hybridized carbons (Fsp3) is 0.500. The van der Waals surface area contributed by atoms with Gasteiger partial charge in [-0.1, -0.05) is 19.1 Å². The van der Waals surface area contributed by atoms with Gasteiger partial charge < -0.3 is 10.1 Å². The third-order valence-corrected chi connectivity index (χ3v) is 3.56. The zero-order valence-corrected chi connectivity index (χ0v) is 13.3. The summed E-state index contributed by atoms with van der Waals surface area (Å²) in [5, 5.41) is 7.56. The third-order valence-electron chi connectivity index (χ3n) is 3.56. The number of rotatable bonds is 7. The molecule has 114 valence electrons. The molecule has 0 spiro atoms. The summed E-state index contributed by atoms with van der Waals surface area (Å²) in [6.07, 6.45) is 1.57. The molecule has 1 unspecified atom stereocenters. The summed E-state index contributed by atoms with van der Waals surface area (Å²) < 4.78 is 7.72. The van der Waals surface area contributed by atoms with E-state index in [1.165, 1.54) is 5.56 Å². The average molecular weight is 288 g/mol. The van der Waals surface area contributed by atoms with E-state index in [2.05, 4.69) is 48.3 Å². The van der Waals surface area contributed by atoms with Crippen LogP contribution in [0.15, 0.2) is 24.5 Å². The second-order valence-electron chi connectivity index (χ2n) is 5.09. The number of nitrogens with zero attached hydrogens (tertiary/aromatic N) is 3.